The number of benzene rings is 1. The lowest BCUT2D eigenvalue weighted by Gasteiger charge is -2.02. The van der Waals surface area contributed by atoms with Crippen LogP contribution in [0.3, 0.4) is 0 Å². The second-order valence-corrected chi connectivity index (χ2v) is 4.15. The number of phenolic OH excluding ortho intramolecular Hbond substituents is 2. The van der Waals surface area contributed by atoms with E-state index in [1.807, 2.05) is 0 Å². The van der Waals surface area contributed by atoms with E-state index in [9.17, 15) is 10.2 Å². The highest BCUT2D eigenvalue weighted by atomic mass is 79.9. The second kappa shape index (κ2) is 4.92. The van der Waals surface area contributed by atoms with Crippen molar-refractivity contribution >= 4 is 28.1 Å². The number of nitrogen functional groups attached to an aromatic ring is 1. The zero-order valence-electron chi connectivity index (χ0n) is 8.95. The quantitative estimate of drug-likeness (QED) is 0.374. The van der Waals surface area contributed by atoms with Crippen molar-refractivity contribution in [3.8, 4) is 11.5 Å². The molecule has 1 aromatic carbocycles. The average Bonchev–Trinajstić information content (AvgIpc) is 2.72. The van der Waals surface area contributed by atoms with Gasteiger partial charge in [0.2, 0.25) is 0 Å². The van der Waals surface area contributed by atoms with Gasteiger partial charge in [-0.15, -0.1) is 10.2 Å². The maximum absolute atomic E-state index is 9.57. The smallest absolute Gasteiger partial charge is 0.263 e. The molecule has 5 N–H and O–H groups in total. The molecule has 0 unspecified atom stereocenters. The Morgan fingerprint density at radius 3 is 2.83 bits per heavy atom. The summed E-state index contributed by atoms with van der Waals surface area (Å²) in [7, 11) is 0. The summed E-state index contributed by atoms with van der Waals surface area (Å²) >= 11 is 3.13. The molecule has 0 spiro atoms. The molecule has 0 saturated heterocycles. The lowest BCUT2D eigenvalue weighted by atomic mass is 10.2. The molecule has 0 saturated carbocycles. The zero-order chi connectivity index (χ0) is 13.1. The van der Waals surface area contributed by atoms with Gasteiger partial charge in [0.15, 0.2) is 0 Å². The molecular formula is C9H9BrN6O2. The number of rotatable bonds is 3. The Morgan fingerprint density at radius 1 is 1.39 bits per heavy atom. The molecule has 94 valence electrons. The Bertz CT molecular complexity index is 597. The number of anilines is 1. The number of phenols is 2. The summed E-state index contributed by atoms with van der Waals surface area (Å²) in [4.78, 5) is 0. The fourth-order valence-corrected chi connectivity index (χ4v) is 1.51. The average molecular weight is 313 g/mol. The van der Waals surface area contributed by atoms with Crippen LogP contribution in [0.5, 0.6) is 11.5 Å². The maximum Gasteiger partial charge on any atom is 0.263 e. The van der Waals surface area contributed by atoms with Gasteiger partial charge < -0.3 is 16.1 Å². The molecule has 18 heavy (non-hydrogen) atoms. The normalized spacial score (nSPS) is 10.9. The van der Waals surface area contributed by atoms with Gasteiger partial charge >= 0.3 is 0 Å². The number of nitrogens with one attached hydrogen (secondary N) is 1. The number of hydrazone groups is 1. The molecular weight excluding hydrogens is 304 g/mol. The van der Waals surface area contributed by atoms with Gasteiger partial charge in [0.1, 0.15) is 17.8 Å². The highest BCUT2D eigenvalue weighted by Gasteiger charge is 2.05. The Hall–Kier alpha value is -2.29. The molecule has 0 amide bonds. The molecule has 0 aliphatic rings. The van der Waals surface area contributed by atoms with Crippen molar-refractivity contribution in [2.75, 3.05) is 11.3 Å². The lowest BCUT2D eigenvalue weighted by Crippen LogP contribution is -2.10. The van der Waals surface area contributed by atoms with E-state index < -0.39 is 0 Å². The van der Waals surface area contributed by atoms with Crippen LogP contribution in [0.4, 0.5) is 5.95 Å². The number of nitrogens with two attached hydrogens (primary N) is 1. The van der Waals surface area contributed by atoms with E-state index in [1.54, 1.807) is 0 Å². The van der Waals surface area contributed by atoms with Gasteiger partial charge in [-0.1, -0.05) is 0 Å². The van der Waals surface area contributed by atoms with Crippen molar-refractivity contribution in [2.24, 2.45) is 5.10 Å². The Morgan fingerprint density at radius 2 is 2.17 bits per heavy atom. The molecule has 9 heteroatoms. The number of aromatic nitrogens is 3. The van der Waals surface area contributed by atoms with E-state index in [1.165, 1.54) is 24.7 Å². The van der Waals surface area contributed by atoms with Crippen molar-refractivity contribution in [2.45, 2.75) is 0 Å². The topological polar surface area (TPSA) is 122 Å². The fourth-order valence-electron chi connectivity index (χ4n) is 1.15. The van der Waals surface area contributed by atoms with Crippen molar-refractivity contribution in [1.82, 2.24) is 14.9 Å². The van der Waals surface area contributed by atoms with Gasteiger partial charge in [-0.2, -0.15) is 5.10 Å². The van der Waals surface area contributed by atoms with Crippen molar-refractivity contribution in [3.63, 3.8) is 0 Å². The number of aromatic hydroxyl groups is 2. The summed E-state index contributed by atoms with van der Waals surface area (Å²) in [6.07, 6.45) is 2.67. The Labute approximate surface area is 110 Å². The SMILES string of the molecule is Nn1cnnc1NN=Cc1cc(Br)c(O)cc1O. The molecule has 0 aliphatic heterocycles. The van der Waals surface area contributed by atoms with E-state index in [0.717, 1.165) is 4.68 Å². The lowest BCUT2D eigenvalue weighted by molar-refractivity contribution is 0.448. The Balaban J connectivity index is 2.14. The van der Waals surface area contributed by atoms with Crippen LogP contribution >= 0.6 is 15.9 Å². The third-order valence-corrected chi connectivity index (χ3v) is 2.67. The summed E-state index contributed by atoms with van der Waals surface area (Å²) in [6, 6.07) is 2.72. The molecule has 0 fully saturated rings. The van der Waals surface area contributed by atoms with Crippen LogP contribution in [0.2, 0.25) is 0 Å². The predicted octanol–water partition coefficient (Wildman–Crippen LogP) is 0.612. The number of halogens is 1. The third kappa shape index (κ3) is 2.51. The van der Waals surface area contributed by atoms with Crippen LogP contribution in [-0.2, 0) is 0 Å². The first-order chi connectivity index (χ1) is 8.58. The zero-order valence-corrected chi connectivity index (χ0v) is 10.5. The van der Waals surface area contributed by atoms with Crippen LogP contribution in [0.1, 0.15) is 5.56 Å². The summed E-state index contributed by atoms with van der Waals surface area (Å²) < 4.78 is 1.60. The van der Waals surface area contributed by atoms with Gasteiger partial charge in [-0.25, -0.2) is 10.1 Å². The highest BCUT2D eigenvalue weighted by molar-refractivity contribution is 9.10. The second-order valence-electron chi connectivity index (χ2n) is 3.29. The number of hydrogen-bond acceptors (Lipinski definition) is 7. The van der Waals surface area contributed by atoms with E-state index in [2.05, 4.69) is 36.7 Å². The molecule has 1 heterocycles. The summed E-state index contributed by atoms with van der Waals surface area (Å²) in [5, 5.41) is 29.9. The van der Waals surface area contributed by atoms with Gasteiger partial charge in [0.05, 0.1) is 10.7 Å². The van der Waals surface area contributed by atoms with Gasteiger partial charge in [-0.3, -0.25) is 0 Å². The van der Waals surface area contributed by atoms with Crippen molar-refractivity contribution < 1.29 is 10.2 Å². The summed E-state index contributed by atoms with van der Waals surface area (Å²) in [6.45, 7) is 0. The largest absolute Gasteiger partial charge is 0.507 e. The summed E-state index contributed by atoms with van der Waals surface area (Å²) in [5.74, 6) is 5.55. The van der Waals surface area contributed by atoms with Crippen LogP contribution in [0, 0.1) is 0 Å². The van der Waals surface area contributed by atoms with E-state index in [0.29, 0.717) is 10.0 Å². The Kier molecular flexibility index (Phi) is 3.33. The predicted molar refractivity (Wildman–Crippen MR) is 68.9 cm³/mol. The molecule has 2 aromatic rings. The van der Waals surface area contributed by atoms with Crippen LogP contribution in [0.15, 0.2) is 28.0 Å². The molecule has 0 aliphatic carbocycles. The van der Waals surface area contributed by atoms with E-state index in [-0.39, 0.29) is 17.4 Å². The van der Waals surface area contributed by atoms with Crippen LogP contribution in [-0.4, -0.2) is 31.3 Å². The minimum absolute atomic E-state index is 0.0562. The first-order valence-corrected chi connectivity index (χ1v) is 5.53. The number of nitrogens with zero attached hydrogens (tertiary/aromatic N) is 4. The third-order valence-electron chi connectivity index (χ3n) is 2.04. The minimum atomic E-state index is -0.101. The first kappa shape index (κ1) is 12.2. The molecule has 2 rings (SSSR count). The highest BCUT2D eigenvalue weighted by Crippen LogP contribution is 2.30. The minimum Gasteiger partial charge on any atom is -0.507 e. The van der Waals surface area contributed by atoms with Gasteiger partial charge in [0, 0.05) is 11.6 Å². The fraction of sp³-hybridized carbons (Fsp3) is 0. The van der Waals surface area contributed by atoms with E-state index in [4.69, 9.17) is 5.84 Å². The van der Waals surface area contributed by atoms with Gasteiger partial charge in [0.25, 0.3) is 5.95 Å². The number of hydrogen-bond donors (Lipinski definition) is 4. The maximum atomic E-state index is 9.57. The van der Waals surface area contributed by atoms with Gasteiger partial charge in [-0.05, 0) is 22.0 Å². The molecule has 8 nitrogen and oxygen atoms in total. The van der Waals surface area contributed by atoms with Crippen LogP contribution < -0.4 is 11.3 Å². The van der Waals surface area contributed by atoms with Crippen molar-refractivity contribution in [3.05, 3.63) is 28.5 Å². The molecule has 0 atom stereocenters. The molecule has 0 bridgehead atoms. The summed E-state index contributed by atoms with van der Waals surface area (Å²) in [5.41, 5.74) is 2.96. The monoisotopic (exact) mass is 312 g/mol. The first-order valence-electron chi connectivity index (χ1n) is 4.73. The van der Waals surface area contributed by atoms with Crippen LogP contribution in [0.25, 0.3) is 0 Å². The molecule has 1 aromatic heterocycles. The molecule has 0 radical (unpaired) electrons. The standard InChI is InChI=1S/C9H9BrN6O2/c10-6-1-5(7(17)2-8(6)18)3-12-14-9-15-13-4-16(9)11/h1-4,17-18H,11H2,(H,14,15). The van der Waals surface area contributed by atoms with Crippen molar-refractivity contribution in [1.29, 1.82) is 0 Å². The van der Waals surface area contributed by atoms with E-state index >= 15 is 0 Å².